The molecule has 1 aliphatic rings. The molecule has 3 rings (SSSR count). The first-order chi connectivity index (χ1) is 16.5. The first kappa shape index (κ1) is 27.4. The van der Waals surface area contributed by atoms with E-state index < -0.39 is 23.5 Å². The lowest BCUT2D eigenvalue weighted by Crippen LogP contribution is -2.60. The van der Waals surface area contributed by atoms with Gasteiger partial charge in [0.15, 0.2) is 5.96 Å². The minimum absolute atomic E-state index is 0.153. The van der Waals surface area contributed by atoms with Crippen LogP contribution in [0.3, 0.4) is 0 Å². The number of carbonyl (C=O) groups excluding carboxylic acids is 1. The summed E-state index contributed by atoms with van der Waals surface area (Å²) in [6.45, 7) is 4.29. The van der Waals surface area contributed by atoms with E-state index in [1.807, 2.05) is 42.5 Å². The molecule has 0 aliphatic carbocycles. The molecule has 1 unspecified atom stereocenters. The zero-order chi connectivity index (χ0) is 26.0. The van der Waals surface area contributed by atoms with Crippen molar-refractivity contribution in [1.29, 1.82) is 5.41 Å². The molecule has 11 nitrogen and oxygen atoms in total. The molecule has 3 atom stereocenters. The molecule has 11 heteroatoms. The van der Waals surface area contributed by atoms with Crippen LogP contribution in [0.15, 0.2) is 42.5 Å². The molecule has 0 spiro atoms. The molecular formula is C24H34N6O5. The normalized spacial score (nSPS) is 16.9. The Morgan fingerprint density at radius 1 is 1.20 bits per heavy atom. The van der Waals surface area contributed by atoms with Crippen LogP contribution in [0.1, 0.15) is 33.1 Å². The van der Waals surface area contributed by atoms with Crippen LogP contribution in [0.4, 0.5) is 5.69 Å². The van der Waals surface area contributed by atoms with Gasteiger partial charge in [-0.15, -0.1) is 0 Å². The van der Waals surface area contributed by atoms with Crippen LogP contribution in [-0.4, -0.2) is 64.7 Å². The molecule has 0 radical (unpaired) electrons. The molecule has 35 heavy (non-hydrogen) atoms. The summed E-state index contributed by atoms with van der Waals surface area (Å²) in [5.74, 6) is -2.36. The number of nitrogens with one attached hydrogen (secondary N) is 5. The zero-order valence-electron chi connectivity index (χ0n) is 19.9. The Morgan fingerprint density at radius 3 is 2.40 bits per heavy atom. The summed E-state index contributed by atoms with van der Waals surface area (Å²) in [7, 11) is 0. The number of aliphatic carboxylic acids is 2. The minimum Gasteiger partial charge on any atom is -0.480 e. The monoisotopic (exact) mass is 486 g/mol. The summed E-state index contributed by atoms with van der Waals surface area (Å²) >= 11 is 0. The fraction of sp³-hybridized carbons (Fsp3) is 0.417. The van der Waals surface area contributed by atoms with Gasteiger partial charge >= 0.3 is 11.9 Å². The number of benzene rings is 2. The molecule has 2 aromatic carbocycles. The van der Waals surface area contributed by atoms with Crippen molar-refractivity contribution in [2.24, 2.45) is 5.73 Å². The number of anilines is 1. The molecule has 0 aromatic heterocycles. The van der Waals surface area contributed by atoms with Crippen molar-refractivity contribution in [3.05, 3.63) is 42.5 Å². The average molecular weight is 487 g/mol. The molecule has 0 saturated carbocycles. The maximum Gasteiger partial charge on any atom is 0.329 e. The third kappa shape index (κ3) is 8.45. The van der Waals surface area contributed by atoms with Crippen LogP contribution >= 0.6 is 0 Å². The molecule has 1 amide bonds. The summed E-state index contributed by atoms with van der Waals surface area (Å²) in [5.41, 5.74) is 4.65. The van der Waals surface area contributed by atoms with Crippen molar-refractivity contribution in [3.63, 3.8) is 0 Å². The lowest BCUT2D eigenvalue weighted by atomic mass is 9.94. The lowest BCUT2D eigenvalue weighted by Gasteiger charge is -2.32. The van der Waals surface area contributed by atoms with E-state index in [0.29, 0.717) is 13.0 Å². The highest BCUT2D eigenvalue weighted by Gasteiger charge is 2.37. The fourth-order valence-corrected chi connectivity index (χ4v) is 3.35. The standard InChI is InChI=1S/C13H13NO2.C11H21N5O3/c1-9(13(15)16)14-12-7-6-10-4-2-3-5-11(10)8-12;1-11(9(18)19,4-2-5-15-10(12)13)16-8(17)7-3-6-14-7/h2-9,14H,1H3,(H,15,16);7,14H,2-6H2,1H3,(H,16,17)(H,18,19)(H4,12,13,15)/t9-;7?,11-/m00/s1. The number of carbonyl (C=O) groups is 3. The molecule has 1 fully saturated rings. The summed E-state index contributed by atoms with van der Waals surface area (Å²) < 4.78 is 0. The van der Waals surface area contributed by atoms with E-state index in [1.165, 1.54) is 6.92 Å². The SMILES string of the molecule is C[C@@](CCCNC(=N)N)(NC(=O)C1CCN1)C(=O)O.C[C@H](Nc1ccc2ccccc2c1)C(=O)O. The Kier molecular flexibility index (Phi) is 9.83. The van der Waals surface area contributed by atoms with Gasteiger partial charge in [-0.1, -0.05) is 30.3 Å². The zero-order valence-corrected chi connectivity index (χ0v) is 19.9. The number of carboxylic acid groups (broad SMARTS) is 2. The second kappa shape index (κ2) is 12.6. The molecular weight excluding hydrogens is 452 g/mol. The van der Waals surface area contributed by atoms with E-state index in [0.717, 1.165) is 29.4 Å². The number of rotatable bonds is 10. The predicted octanol–water partition coefficient (Wildman–Crippen LogP) is 1.30. The Labute approximate surface area is 204 Å². The summed E-state index contributed by atoms with van der Waals surface area (Å²) in [5, 5.41) is 38.3. The summed E-state index contributed by atoms with van der Waals surface area (Å²) in [6.07, 6.45) is 1.48. The number of hydrogen-bond acceptors (Lipinski definition) is 6. The van der Waals surface area contributed by atoms with Crippen LogP contribution in [0.25, 0.3) is 10.8 Å². The van der Waals surface area contributed by atoms with E-state index in [-0.39, 0.29) is 24.3 Å². The number of hydrogen-bond donors (Lipinski definition) is 8. The highest BCUT2D eigenvalue weighted by Crippen LogP contribution is 2.19. The molecule has 9 N–H and O–H groups in total. The molecule has 1 saturated heterocycles. The van der Waals surface area contributed by atoms with Crippen molar-refractivity contribution in [3.8, 4) is 0 Å². The second-order valence-electron chi connectivity index (χ2n) is 8.63. The summed E-state index contributed by atoms with van der Waals surface area (Å²) in [6, 6.07) is 12.9. The Bertz CT molecular complexity index is 1060. The first-order valence-corrected chi connectivity index (χ1v) is 11.4. The smallest absolute Gasteiger partial charge is 0.329 e. The highest BCUT2D eigenvalue weighted by molar-refractivity contribution is 5.90. The topological polar surface area (TPSA) is 190 Å². The van der Waals surface area contributed by atoms with Crippen LogP contribution in [0.2, 0.25) is 0 Å². The van der Waals surface area contributed by atoms with E-state index in [4.69, 9.17) is 16.2 Å². The van der Waals surface area contributed by atoms with Gasteiger partial charge in [0, 0.05) is 12.2 Å². The predicted molar refractivity (Wildman–Crippen MR) is 134 cm³/mol. The van der Waals surface area contributed by atoms with Crippen LogP contribution in [0.5, 0.6) is 0 Å². The number of amides is 1. The Morgan fingerprint density at radius 2 is 1.86 bits per heavy atom. The van der Waals surface area contributed by atoms with Gasteiger partial charge in [-0.25, -0.2) is 4.79 Å². The van der Waals surface area contributed by atoms with Gasteiger partial charge in [-0.05, 0) is 62.6 Å². The largest absolute Gasteiger partial charge is 0.480 e. The van der Waals surface area contributed by atoms with Gasteiger partial charge in [-0.3, -0.25) is 15.0 Å². The van der Waals surface area contributed by atoms with Crippen molar-refractivity contribution in [2.45, 2.75) is 50.7 Å². The first-order valence-electron chi connectivity index (χ1n) is 11.4. The quantitative estimate of drug-likeness (QED) is 0.139. The van der Waals surface area contributed by atoms with E-state index in [1.54, 1.807) is 6.92 Å². The van der Waals surface area contributed by atoms with Gasteiger partial charge in [0.2, 0.25) is 5.91 Å². The summed E-state index contributed by atoms with van der Waals surface area (Å²) in [4.78, 5) is 33.8. The molecule has 1 aliphatic heterocycles. The number of nitrogens with two attached hydrogens (primary N) is 1. The number of carboxylic acids is 2. The van der Waals surface area contributed by atoms with Crippen molar-refractivity contribution < 1.29 is 24.6 Å². The lowest BCUT2D eigenvalue weighted by molar-refractivity contribution is -0.147. The second-order valence-corrected chi connectivity index (χ2v) is 8.63. The average Bonchev–Trinajstić information content (AvgIpc) is 2.75. The van der Waals surface area contributed by atoms with Gasteiger partial charge in [0.05, 0.1) is 6.04 Å². The van der Waals surface area contributed by atoms with Gasteiger partial charge < -0.3 is 37.2 Å². The third-order valence-electron chi connectivity index (χ3n) is 5.68. The van der Waals surface area contributed by atoms with E-state index >= 15 is 0 Å². The van der Waals surface area contributed by atoms with Crippen molar-refractivity contribution in [1.82, 2.24) is 16.0 Å². The van der Waals surface area contributed by atoms with Crippen LogP contribution in [0, 0.1) is 5.41 Å². The molecule has 1 heterocycles. The van der Waals surface area contributed by atoms with Crippen molar-refractivity contribution in [2.75, 3.05) is 18.4 Å². The van der Waals surface area contributed by atoms with E-state index in [2.05, 4.69) is 21.3 Å². The molecule has 2 aromatic rings. The van der Waals surface area contributed by atoms with Crippen LogP contribution < -0.4 is 27.0 Å². The third-order valence-corrected chi connectivity index (χ3v) is 5.68. The van der Waals surface area contributed by atoms with Gasteiger partial charge in [0.1, 0.15) is 11.6 Å². The Balaban J connectivity index is 0.000000250. The highest BCUT2D eigenvalue weighted by atomic mass is 16.4. The van der Waals surface area contributed by atoms with Crippen LogP contribution in [-0.2, 0) is 14.4 Å². The van der Waals surface area contributed by atoms with Gasteiger partial charge in [0.25, 0.3) is 0 Å². The van der Waals surface area contributed by atoms with Gasteiger partial charge in [-0.2, -0.15) is 0 Å². The number of guanidine groups is 1. The molecule has 0 bridgehead atoms. The maximum atomic E-state index is 11.8. The van der Waals surface area contributed by atoms with Crippen molar-refractivity contribution >= 4 is 40.3 Å². The minimum atomic E-state index is -1.30. The maximum absolute atomic E-state index is 11.8. The van der Waals surface area contributed by atoms with E-state index in [9.17, 15) is 19.5 Å². The molecule has 190 valence electrons. The fourth-order valence-electron chi connectivity index (χ4n) is 3.35. The number of fused-ring (bicyclic) bond motifs is 1. The Hall–Kier alpha value is -3.86.